The van der Waals surface area contributed by atoms with E-state index in [4.69, 9.17) is 0 Å². The summed E-state index contributed by atoms with van der Waals surface area (Å²) in [6.07, 6.45) is -0.383. The number of primary amides is 1. The molecule has 4 heteroatoms. The average molecular weight is 122 g/mol. The first-order valence-electron chi connectivity index (χ1n) is 1.95. The molecule has 1 amide bonds. The number of carbonyl (C=O) groups excluding carboxylic acids is 1. The predicted octanol–water partition coefficient (Wildman–Crippen LogP) is -0.449. The molecule has 0 aliphatic heterocycles. The molecule has 0 aliphatic carbocycles. The number of rotatable bonds is 1. The summed E-state index contributed by atoms with van der Waals surface area (Å²) < 4.78 is 5.51. The van der Waals surface area contributed by atoms with Crippen molar-refractivity contribution < 1.29 is 14.3 Å². The van der Waals surface area contributed by atoms with Gasteiger partial charge in [0.05, 0.1) is 19.4 Å². The fraction of sp³-hybridized carbons (Fsp3) is 0.667. The van der Waals surface area contributed by atoms with E-state index in [0.29, 0.717) is 6.61 Å². The molecular weight excluding hydrogens is 114 g/mol. The zero-order valence-electron chi connectivity index (χ0n) is 4.05. The second-order valence-electron chi connectivity index (χ2n) is 0.881. The van der Waals surface area contributed by atoms with E-state index < -0.39 is 0 Å². The molecule has 0 saturated heterocycles. The highest BCUT2D eigenvalue weighted by Crippen LogP contribution is 1.66. The molecule has 0 aromatic rings. The Bertz CT molecular complexity index is 66.0. The number of thiol groups is 1. The monoisotopic (exact) mass is 122 g/mol. The maximum Gasteiger partial charge on any atom is 0.524 e. The van der Waals surface area contributed by atoms with Crippen LogP contribution in [0.4, 0.5) is 4.79 Å². The van der Waals surface area contributed by atoms with Gasteiger partial charge < -0.3 is 4.74 Å². The van der Waals surface area contributed by atoms with Crippen molar-refractivity contribution >= 4 is 18.9 Å². The first-order chi connectivity index (χ1) is 3.31. The van der Waals surface area contributed by atoms with Gasteiger partial charge in [-0.25, -0.2) is 0 Å². The molecule has 0 fully saturated rings. The summed E-state index contributed by atoms with van der Waals surface area (Å²) >= 11 is 3.55. The van der Waals surface area contributed by atoms with Crippen LogP contribution in [0.1, 0.15) is 6.92 Å². The van der Waals surface area contributed by atoms with Crippen LogP contribution in [0.3, 0.4) is 0 Å². The SMILES string of the molecule is CCOC(=O)[NH2+]S. The van der Waals surface area contributed by atoms with Gasteiger partial charge in [-0.15, -0.1) is 0 Å². The summed E-state index contributed by atoms with van der Waals surface area (Å²) in [6.45, 7) is 2.16. The lowest BCUT2D eigenvalue weighted by atomic mass is 10.9. The molecule has 0 radical (unpaired) electrons. The number of amides is 1. The number of nitrogens with two attached hydrogens (primary N) is 1. The van der Waals surface area contributed by atoms with E-state index >= 15 is 0 Å². The number of hydrogen-bond acceptors (Lipinski definition) is 3. The molecule has 0 spiro atoms. The Morgan fingerprint density at radius 1 is 2.00 bits per heavy atom. The molecule has 3 nitrogen and oxygen atoms in total. The maximum absolute atomic E-state index is 10.1. The van der Waals surface area contributed by atoms with Crippen LogP contribution in [0.15, 0.2) is 0 Å². The van der Waals surface area contributed by atoms with Crippen LogP contribution >= 0.6 is 12.8 Å². The summed E-state index contributed by atoms with van der Waals surface area (Å²) in [5, 5.41) is 0. The average Bonchev–Trinajstić information content (AvgIpc) is 1.68. The Kier molecular flexibility index (Phi) is 3.83. The van der Waals surface area contributed by atoms with Gasteiger partial charge in [-0.2, -0.15) is 9.52 Å². The van der Waals surface area contributed by atoms with Gasteiger partial charge >= 0.3 is 6.09 Å². The van der Waals surface area contributed by atoms with E-state index in [1.165, 1.54) is 0 Å². The van der Waals surface area contributed by atoms with E-state index in [9.17, 15) is 4.79 Å². The Morgan fingerprint density at radius 3 is 2.71 bits per heavy atom. The topological polar surface area (TPSA) is 42.9 Å². The summed E-state index contributed by atoms with van der Waals surface area (Å²) in [4.78, 5) is 10.1. The lowest BCUT2D eigenvalue weighted by molar-refractivity contribution is -0.385. The second-order valence-corrected chi connectivity index (χ2v) is 1.14. The van der Waals surface area contributed by atoms with Gasteiger partial charge in [0.1, 0.15) is 0 Å². The van der Waals surface area contributed by atoms with Gasteiger partial charge in [0, 0.05) is 0 Å². The molecule has 0 atom stereocenters. The second kappa shape index (κ2) is 3.95. The van der Waals surface area contributed by atoms with Crippen molar-refractivity contribution in [3.63, 3.8) is 0 Å². The summed E-state index contributed by atoms with van der Waals surface area (Å²) in [6, 6.07) is 0. The number of ether oxygens (including phenoxy) is 1. The third-order valence-corrected chi connectivity index (χ3v) is 0.603. The Morgan fingerprint density at radius 2 is 2.57 bits per heavy atom. The van der Waals surface area contributed by atoms with Crippen molar-refractivity contribution in [2.45, 2.75) is 6.92 Å². The van der Waals surface area contributed by atoms with Crippen LogP contribution in [0.5, 0.6) is 0 Å². The van der Waals surface area contributed by atoms with E-state index in [2.05, 4.69) is 17.6 Å². The van der Waals surface area contributed by atoms with Gasteiger partial charge in [0.15, 0.2) is 0 Å². The van der Waals surface area contributed by atoms with Crippen molar-refractivity contribution in [3.05, 3.63) is 0 Å². The maximum atomic E-state index is 10.1. The first-order valence-corrected chi connectivity index (χ1v) is 2.47. The highest BCUT2D eigenvalue weighted by atomic mass is 32.1. The molecule has 7 heavy (non-hydrogen) atoms. The normalized spacial score (nSPS) is 8.29. The first kappa shape index (κ1) is 6.78. The molecule has 0 unspecified atom stereocenters. The minimum atomic E-state index is -0.383. The lowest BCUT2D eigenvalue weighted by Crippen LogP contribution is -2.77. The van der Waals surface area contributed by atoms with Crippen LogP contribution in [-0.2, 0) is 4.74 Å². The minimum Gasteiger partial charge on any atom is -0.420 e. The molecule has 2 N–H and O–H groups in total. The van der Waals surface area contributed by atoms with E-state index in [0.717, 1.165) is 4.72 Å². The molecule has 0 rings (SSSR count). The van der Waals surface area contributed by atoms with Crippen LogP contribution in [-0.4, -0.2) is 12.7 Å². The molecule has 0 heterocycles. The van der Waals surface area contributed by atoms with Crippen molar-refractivity contribution in [2.24, 2.45) is 0 Å². The quantitative estimate of drug-likeness (QED) is 0.463. The molecule has 0 aromatic carbocycles. The summed E-state index contributed by atoms with van der Waals surface area (Å²) in [7, 11) is 0. The summed E-state index contributed by atoms with van der Waals surface area (Å²) in [5.41, 5.74) is 0. The highest BCUT2D eigenvalue weighted by Gasteiger charge is 1.97. The Labute approximate surface area is 47.6 Å². The molecular formula is C3H8NO2S+. The largest absolute Gasteiger partial charge is 0.524 e. The van der Waals surface area contributed by atoms with Gasteiger partial charge in [-0.3, -0.25) is 0 Å². The highest BCUT2D eigenvalue weighted by molar-refractivity contribution is 7.73. The van der Waals surface area contributed by atoms with Crippen molar-refractivity contribution in [1.82, 2.24) is 0 Å². The predicted molar refractivity (Wildman–Crippen MR) is 27.9 cm³/mol. The fourth-order valence-corrected chi connectivity index (χ4v) is 0.254. The van der Waals surface area contributed by atoms with E-state index in [1.54, 1.807) is 6.92 Å². The van der Waals surface area contributed by atoms with E-state index in [-0.39, 0.29) is 6.09 Å². The van der Waals surface area contributed by atoms with Crippen molar-refractivity contribution in [1.29, 1.82) is 0 Å². The van der Waals surface area contributed by atoms with Gasteiger partial charge in [0.25, 0.3) is 0 Å². The molecule has 0 bridgehead atoms. The van der Waals surface area contributed by atoms with Crippen LogP contribution in [0.25, 0.3) is 0 Å². The number of hydrogen-bond donors (Lipinski definition) is 2. The van der Waals surface area contributed by atoms with Gasteiger partial charge in [-0.1, -0.05) is 0 Å². The molecule has 42 valence electrons. The molecule has 0 saturated carbocycles. The van der Waals surface area contributed by atoms with Crippen LogP contribution in [0.2, 0.25) is 0 Å². The summed E-state index contributed by atoms with van der Waals surface area (Å²) in [5.74, 6) is 0. The van der Waals surface area contributed by atoms with Crippen LogP contribution in [0, 0.1) is 0 Å². The zero-order chi connectivity index (χ0) is 5.70. The minimum absolute atomic E-state index is 0.383. The standard InChI is InChI=1S/C3H7NO2S/c1-2-6-3(5)4-7/h7H,2H2,1H3,(H,4,5)/p+1. The molecule has 0 aromatic heterocycles. The third-order valence-electron chi connectivity index (χ3n) is 0.392. The smallest absolute Gasteiger partial charge is 0.420 e. The van der Waals surface area contributed by atoms with E-state index in [1.807, 2.05) is 0 Å². The van der Waals surface area contributed by atoms with Crippen molar-refractivity contribution in [3.8, 4) is 0 Å². The Balaban J connectivity index is 3.00. The Hall–Kier alpha value is -0.220. The third kappa shape index (κ3) is 3.61. The van der Waals surface area contributed by atoms with Crippen LogP contribution < -0.4 is 4.72 Å². The fourth-order valence-electron chi connectivity index (χ4n) is 0.180. The molecule has 0 aliphatic rings. The number of quaternary nitrogens is 1. The number of carbonyl (C=O) groups is 1. The zero-order valence-corrected chi connectivity index (χ0v) is 4.94. The van der Waals surface area contributed by atoms with Crippen molar-refractivity contribution in [2.75, 3.05) is 6.61 Å². The lowest BCUT2D eigenvalue weighted by Gasteiger charge is -1.89. The van der Waals surface area contributed by atoms with Gasteiger partial charge in [-0.05, 0) is 6.92 Å². The van der Waals surface area contributed by atoms with Gasteiger partial charge in [0.2, 0.25) is 0 Å².